The predicted molar refractivity (Wildman–Crippen MR) is 81.8 cm³/mol. The van der Waals surface area contributed by atoms with Crippen LogP contribution >= 0.6 is 0 Å². The number of aryl methyl sites for hydroxylation is 2. The van der Waals surface area contributed by atoms with Gasteiger partial charge in [0, 0.05) is 18.4 Å². The highest BCUT2D eigenvalue weighted by molar-refractivity contribution is 5.87. The monoisotopic (exact) mass is 313 g/mol. The van der Waals surface area contributed by atoms with E-state index in [0.29, 0.717) is 22.9 Å². The van der Waals surface area contributed by atoms with Crippen molar-refractivity contribution in [1.82, 2.24) is 15.5 Å². The Morgan fingerprint density at radius 2 is 2.00 bits per heavy atom. The molecule has 0 atom stereocenters. The number of benzene rings is 1. The smallest absolute Gasteiger partial charge is 0.336 e. The van der Waals surface area contributed by atoms with Crippen molar-refractivity contribution in [3.05, 3.63) is 57.6 Å². The largest absolute Gasteiger partial charge is 0.424 e. The number of aromatic nitrogens is 2. The number of nitrogens with one attached hydrogen (secondary N) is 1. The van der Waals surface area contributed by atoms with E-state index in [1.807, 2.05) is 19.1 Å². The number of amides is 1. The number of carbonyl (C=O) groups is 1. The second-order valence-corrected chi connectivity index (χ2v) is 5.26. The third kappa shape index (κ3) is 3.45. The van der Waals surface area contributed by atoms with Gasteiger partial charge in [-0.1, -0.05) is 12.1 Å². The van der Waals surface area contributed by atoms with Crippen LogP contribution < -0.4 is 10.9 Å². The molecule has 0 radical (unpaired) electrons. The van der Waals surface area contributed by atoms with Gasteiger partial charge in [-0.15, -0.1) is 10.2 Å². The Morgan fingerprint density at radius 3 is 2.74 bits per heavy atom. The Hall–Kier alpha value is -2.96. The molecule has 23 heavy (non-hydrogen) atoms. The van der Waals surface area contributed by atoms with Crippen LogP contribution in [-0.4, -0.2) is 16.1 Å². The van der Waals surface area contributed by atoms with Crippen LogP contribution in [0.3, 0.4) is 0 Å². The van der Waals surface area contributed by atoms with E-state index in [1.54, 1.807) is 13.0 Å². The zero-order valence-electron chi connectivity index (χ0n) is 12.8. The number of fused-ring (bicyclic) bond motifs is 1. The van der Waals surface area contributed by atoms with Gasteiger partial charge in [-0.05, 0) is 24.1 Å². The van der Waals surface area contributed by atoms with Crippen LogP contribution in [0, 0.1) is 13.8 Å². The van der Waals surface area contributed by atoms with E-state index < -0.39 is 5.63 Å². The number of rotatable bonds is 4. The maximum Gasteiger partial charge on any atom is 0.336 e. The molecule has 118 valence electrons. The molecule has 0 unspecified atom stereocenters. The molecule has 7 nitrogen and oxygen atoms in total. The number of nitrogens with zero attached hydrogens (tertiary/aromatic N) is 2. The van der Waals surface area contributed by atoms with Crippen LogP contribution in [-0.2, 0) is 17.8 Å². The molecule has 3 aromatic rings. The van der Waals surface area contributed by atoms with Crippen molar-refractivity contribution in [3.8, 4) is 0 Å². The van der Waals surface area contributed by atoms with E-state index in [4.69, 9.17) is 8.83 Å². The first-order chi connectivity index (χ1) is 11.0. The first-order valence-electron chi connectivity index (χ1n) is 7.10. The fourth-order valence-electron chi connectivity index (χ4n) is 2.30. The maximum atomic E-state index is 12.1. The van der Waals surface area contributed by atoms with Crippen molar-refractivity contribution < 1.29 is 13.6 Å². The van der Waals surface area contributed by atoms with E-state index >= 15 is 0 Å². The molecule has 0 aliphatic heterocycles. The molecule has 2 heterocycles. The van der Waals surface area contributed by atoms with Gasteiger partial charge in [0.15, 0.2) is 0 Å². The molecule has 2 aromatic heterocycles. The SMILES string of the molecule is Cc1ccc2c(CC(=O)NCc3nnc(C)o3)cc(=O)oc2c1. The summed E-state index contributed by atoms with van der Waals surface area (Å²) in [6.45, 7) is 3.74. The molecule has 0 saturated heterocycles. The average molecular weight is 313 g/mol. The second kappa shape index (κ2) is 6.04. The Bertz CT molecular complexity index is 926. The van der Waals surface area contributed by atoms with E-state index in [-0.39, 0.29) is 18.9 Å². The Morgan fingerprint density at radius 1 is 1.17 bits per heavy atom. The van der Waals surface area contributed by atoms with E-state index in [9.17, 15) is 9.59 Å². The molecule has 1 aromatic carbocycles. The summed E-state index contributed by atoms with van der Waals surface area (Å²) in [5.41, 5.74) is 1.61. The molecule has 0 saturated carbocycles. The Kier molecular flexibility index (Phi) is 3.92. The van der Waals surface area contributed by atoms with Crippen molar-refractivity contribution in [2.24, 2.45) is 0 Å². The highest BCUT2D eigenvalue weighted by Gasteiger charge is 2.11. The van der Waals surface area contributed by atoms with Gasteiger partial charge in [-0.3, -0.25) is 4.79 Å². The lowest BCUT2D eigenvalue weighted by Crippen LogP contribution is -2.25. The van der Waals surface area contributed by atoms with Crippen molar-refractivity contribution in [3.63, 3.8) is 0 Å². The molecule has 0 aliphatic rings. The lowest BCUT2D eigenvalue weighted by molar-refractivity contribution is -0.120. The zero-order valence-corrected chi connectivity index (χ0v) is 12.8. The molecule has 3 rings (SSSR count). The summed E-state index contributed by atoms with van der Waals surface area (Å²) >= 11 is 0. The summed E-state index contributed by atoms with van der Waals surface area (Å²) in [6.07, 6.45) is 0.0677. The predicted octanol–water partition coefficient (Wildman–Crippen LogP) is 1.65. The van der Waals surface area contributed by atoms with Crippen LogP contribution in [0.15, 0.2) is 37.9 Å². The van der Waals surface area contributed by atoms with E-state index in [1.165, 1.54) is 6.07 Å². The molecule has 0 spiro atoms. The van der Waals surface area contributed by atoms with Gasteiger partial charge in [0.2, 0.25) is 17.7 Å². The number of carbonyl (C=O) groups excluding carboxylic acids is 1. The Labute approximate surface area is 131 Å². The van der Waals surface area contributed by atoms with Crippen molar-refractivity contribution >= 4 is 16.9 Å². The molecular weight excluding hydrogens is 298 g/mol. The minimum atomic E-state index is -0.474. The normalized spacial score (nSPS) is 10.9. The minimum absolute atomic E-state index is 0.0677. The summed E-state index contributed by atoms with van der Waals surface area (Å²) in [5, 5.41) is 10.9. The fourth-order valence-corrected chi connectivity index (χ4v) is 2.30. The fraction of sp³-hybridized carbons (Fsp3) is 0.250. The third-order valence-corrected chi connectivity index (χ3v) is 3.34. The van der Waals surface area contributed by atoms with Gasteiger partial charge in [-0.2, -0.15) is 0 Å². The van der Waals surface area contributed by atoms with Gasteiger partial charge in [0.25, 0.3) is 0 Å². The van der Waals surface area contributed by atoms with E-state index in [0.717, 1.165) is 10.9 Å². The lowest BCUT2D eigenvalue weighted by atomic mass is 10.1. The van der Waals surface area contributed by atoms with Crippen LogP contribution in [0.2, 0.25) is 0 Å². The molecule has 0 aliphatic carbocycles. The van der Waals surface area contributed by atoms with Crippen LogP contribution in [0.5, 0.6) is 0 Å². The van der Waals surface area contributed by atoms with Gasteiger partial charge < -0.3 is 14.2 Å². The lowest BCUT2D eigenvalue weighted by Gasteiger charge is -2.06. The quantitative estimate of drug-likeness (QED) is 0.735. The van der Waals surface area contributed by atoms with Gasteiger partial charge in [0.1, 0.15) is 5.58 Å². The first-order valence-corrected chi connectivity index (χ1v) is 7.10. The molecule has 0 fully saturated rings. The molecular formula is C16H15N3O4. The van der Waals surface area contributed by atoms with E-state index in [2.05, 4.69) is 15.5 Å². The van der Waals surface area contributed by atoms with Crippen LogP contribution in [0.4, 0.5) is 0 Å². The summed E-state index contributed by atoms with van der Waals surface area (Å²) in [4.78, 5) is 23.7. The van der Waals surface area contributed by atoms with Crippen molar-refractivity contribution in [2.75, 3.05) is 0 Å². The molecule has 7 heteroatoms. The minimum Gasteiger partial charge on any atom is -0.424 e. The first kappa shape index (κ1) is 15.0. The number of hydrogen-bond acceptors (Lipinski definition) is 6. The van der Waals surface area contributed by atoms with Crippen molar-refractivity contribution in [1.29, 1.82) is 0 Å². The summed E-state index contributed by atoms with van der Waals surface area (Å²) in [7, 11) is 0. The van der Waals surface area contributed by atoms with Crippen LogP contribution in [0.25, 0.3) is 11.0 Å². The van der Waals surface area contributed by atoms with Gasteiger partial charge in [-0.25, -0.2) is 4.79 Å². The average Bonchev–Trinajstić information content (AvgIpc) is 2.90. The highest BCUT2D eigenvalue weighted by atomic mass is 16.4. The summed E-state index contributed by atoms with van der Waals surface area (Å²) < 4.78 is 10.4. The Balaban J connectivity index is 1.78. The zero-order chi connectivity index (χ0) is 16.4. The molecule has 0 bridgehead atoms. The van der Waals surface area contributed by atoms with Crippen molar-refractivity contribution in [2.45, 2.75) is 26.8 Å². The summed E-state index contributed by atoms with van der Waals surface area (Å²) in [5.74, 6) is 0.536. The molecule has 1 N–H and O–H groups in total. The maximum absolute atomic E-state index is 12.1. The highest BCUT2D eigenvalue weighted by Crippen LogP contribution is 2.18. The molecule has 1 amide bonds. The topological polar surface area (TPSA) is 98.2 Å². The summed E-state index contributed by atoms with van der Waals surface area (Å²) in [6, 6.07) is 6.87. The number of hydrogen-bond donors (Lipinski definition) is 1. The standard InChI is InChI=1S/C16H15N3O4/c1-9-3-4-12-11(7-16(21)23-13(12)5-9)6-14(20)17-8-15-19-18-10(2)22-15/h3-5,7H,6,8H2,1-2H3,(H,17,20). The van der Waals surface area contributed by atoms with Gasteiger partial charge in [0.05, 0.1) is 13.0 Å². The van der Waals surface area contributed by atoms with Gasteiger partial charge >= 0.3 is 5.63 Å². The van der Waals surface area contributed by atoms with Crippen LogP contribution in [0.1, 0.15) is 22.9 Å². The third-order valence-electron chi connectivity index (χ3n) is 3.34. The second-order valence-electron chi connectivity index (χ2n) is 5.26.